The van der Waals surface area contributed by atoms with Crippen molar-refractivity contribution in [3.05, 3.63) is 21.9 Å². The van der Waals surface area contributed by atoms with Crippen LogP contribution in [-0.2, 0) is 11.3 Å². The minimum atomic E-state index is 0.213. The van der Waals surface area contributed by atoms with Gasteiger partial charge in [0.2, 0.25) is 5.91 Å². The van der Waals surface area contributed by atoms with Gasteiger partial charge in [-0.2, -0.15) is 0 Å². The number of hydrogen-bond donors (Lipinski definition) is 1. The summed E-state index contributed by atoms with van der Waals surface area (Å²) >= 11 is 1.79. The number of carbonyl (C=O) groups is 1. The standard InChI is InChI=1S/C15H24N2OS/c1-11(2)17(10-14-5-4-12(3)19-14)15(18)13-6-8-16-9-7-13/h4-5,11,13,16H,6-10H2,1-3H3. The van der Waals surface area contributed by atoms with Crippen molar-refractivity contribution in [2.24, 2.45) is 5.92 Å². The molecule has 0 aromatic carbocycles. The van der Waals surface area contributed by atoms with Crippen LogP contribution >= 0.6 is 11.3 Å². The molecule has 0 unspecified atom stereocenters. The Bertz CT molecular complexity index is 422. The zero-order valence-corrected chi connectivity index (χ0v) is 12.9. The summed E-state index contributed by atoms with van der Waals surface area (Å²) < 4.78 is 0. The lowest BCUT2D eigenvalue weighted by atomic mass is 9.96. The average molecular weight is 280 g/mol. The van der Waals surface area contributed by atoms with Crippen molar-refractivity contribution in [2.45, 2.75) is 46.2 Å². The van der Waals surface area contributed by atoms with Crippen LogP contribution in [0.4, 0.5) is 0 Å². The highest BCUT2D eigenvalue weighted by atomic mass is 32.1. The first-order valence-corrected chi connectivity index (χ1v) is 7.96. The molecule has 1 aromatic heterocycles. The number of piperidine rings is 1. The second kappa shape index (κ2) is 6.53. The number of nitrogens with one attached hydrogen (secondary N) is 1. The molecule has 4 heteroatoms. The normalized spacial score (nSPS) is 16.8. The number of carbonyl (C=O) groups excluding carboxylic acids is 1. The van der Waals surface area contributed by atoms with E-state index in [0.29, 0.717) is 5.91 Å². The summed E-state index contributed by atoms with van der Waals surface area (Å²) in [5, 5.41) is 3.32. The Balaban J connectivity index is 2.04. The summed E-state index contributed by atoms with van der Waals surface area (Å²) in [4.78, 5) is 17.3. The van der Waals surface area contributed by atoms with Crippen molar-refractivity contribution in [1.29, 1.82) is 0 Å². The summed E-state index contributed by atoms with van der Waals surface area (Å²) in [5.41, 5.74) is 0. The molecule has 1 saturated heterocycles. The maximum absolute atomic E-state index is 12.7. The van der Waals surface area contributed by atoms with Gasteiger partial charge < -0.3 is 10.2 Å². The van der Waals surface area contributed by atoms with E-state index in [1.165, 1.54) is 9.75 Å². The van der Waals surface area contributed by atoms with Crippen molar-refractivity contribution < 1.29 is 4.79 Å². The quantitative estimate of drug-likeness (QED) is 0.920. The van der Waals surface area contributed by atoms with E-state index < -0.39 is 0 Å². The van der Waals surface area contributed by atoms with E-state index in [9.17, 15) is 4.79 Å². The highest BCUT2D eigenvalue weighted by Gasteiger charge is 2.27. The highest BCUT2D eigenvalue weighted by molar-refractivity contribution is 7.11. The van der Waals surface area contributed by atoms with Gasteiger partial charge in [0.1, 0.15) is 0 Å². The minimum absolute atomic E-state index is 0.213. The van der Waals surface area contributed by atoms with Crippen molar-refractivity contribution in [3.63, 3.8) is 0 Å². The molecule has 19 heavy (non-hydrogen) atoms. The lowest BCUT2D eigenvalue weighted by Gasteiger charge is -2.32. The van der Waals surface area contributed by atoms with Gasteiger partial charge in [-0.1, -0.05) is 0 Å². The van der Waals surface area contributed by atoms with Crippen molar-refractivity contribution in [3.8, 4) is 0 Å². The largest absolute Gasteiger partial charge is 0.335 e. The van der Waals surface area contributed by atoms with Gasteiger partial charge in [-0.05, 0) is 58.8 Å². The number of aryl methyl sites for hydroxylation is 1. The molecule has 1 amide bonds. The summed E-state index contributed by atoms with van der Waals surface area (Å²) in [5.74, 6) is 0.548. The first-order valence-electron chi connectivity index (χ1n) is 7.14. The molecule has 0 atom stereocenters. The van der Waals surface area contributed by atoms with Crippen molar-refractivity contribution in [1.82, 2.24) is 10.2 Å². The first-order chi connectivity index (χ1) is 9.08. The zero-order valence-electron chi connectivity index (χ0n) is 12.1. The molecule has 1 aliphatic heterocycles. The van der Waals surface area contributed by atoms with Gasteiger partial charge >= 0.3 is 0 Å². The van der Waals surface area contributed by atoms with E-state index in [4.69, 9.17) is 0 Å². The predicted octanol–water partition coefficient (Wildman–Crippen LogP) is 2.79. The summed E-state index contributed by atoms with van der Waals surface area (Å²) in [7, 11) is 0. The Morgan fingerprint density at radius 2 is 2.11 bits per heavy atom. The van der Waals surface area contributed by atoms with Crippen LogP contribution in [0.3, 0.4) is 0 Å². The number of amides is 1. The lowest BCUT2D eigenvalue weighted by Crippen LogP contribution is -2.43. The molecular formula is C15H24N2OS. The van der Waals surface area contributed by atoms with Gasteiger partial charge in [-0.3, -0.25) is 4.79 Å². The van der Waals surface area contributed by atoms with Crippen molar-refractivity contribution in [2.75, 3.05) is 13.1 Å². The van der Waals surface area contributed by atoms with E-state index >= 15 is 0 Å². The van der Waals surface area contributed by atoms with Gasteiger partial charge in [-0.15, -0.1) is 11.3 Å². The Labute approximate surface area is 120 Å². The molecular weight excluding hydrogens is 256 g/mol. The van der Waals surface area contributed by atoms with Crippen LogP contribution in [0, 0.1) is 12.8 Å². The third-order valence-corrected chi connectivity index (χ3v) is 4.70. The first kappa shape index (κ1) is 14.5. The van der Waals surface area contributed by atoms with E-state index in [2.05, 4.69) is 38.2 Å². The van der Waals surface area contributed by atoms with Gasteiger partial charge in [0.05, 0.1) is 6.54 Å². The van der Waals surface area contributed by atoms with Gasteiger partial charge in [0.25, 0.3) is 0 Å². The molecule has 106 valence electrons. The molecule has 1 aromatic rings. The molecule has 0 radical (unpaired) electrons. The van der Waals surface area contributed by atoms with Crippen LogP contribution in [-0.4, -0.2) is 29.9 Å². The number of nitrogens with zero attached hydrogens (tertiary/aromatic N) is 1. The summed E-state index contributed by atoms with van der Waals surface area (Å²) in [6, 6.07) is 4.54. The smallest absolute Gasteiger partial charge is 0.226 e. The van der Waals surface area contributed by atoms with Crippen LogP contribution in [0.25, 0.3) is 0 Å². The van der Waals surface area contributed by atoms with Gasteiger partial charge in [0, 0.05) is 21.7 Å². The molecule has 1 fully saturated rings. The van der Waals surface area contributed by atoms with Gasteiger partial charge in [0.15, 0.2) is 0 Å². The van der Waals surface area contributed by atoms with E-state index in [0.717, 1.165) is 32.5 Å². The number of thiophene rings is 1. The second-order valence-corrected chi connectivity index (χ2v) is 6.97. The number of rotatable bonds is 4. The SMILES string of the molecule is Cc1ccc(CN(C(=O)C2CCNCC2)C(C)C)s1. The molecule has 3 nitrogen and oxygen atoms in total. The molecule has 1 N–H and O–H groups in total. The zero-order chi connectivity index (χ0) is 13.8. The Kier molecular flexibility index (Phi) is 4.99. The monoisotopic (exact) mass is 280 g/mol. The third-order valence-electron chi connectivity index (χ3n) is 3.72. The van der Waals surface area contributed by atoms with Crippen LogP contribution in [0.2, 0.25) is 0 Å². The molecule has 2 heterocycles. The average Bonchev–Trinajstić information content (AvgIpc) is 2.81. The van der Waals surface area contributed by atoms with E-state index in [1.54, 1.807) is 11.3 Å². The fourth-order valence-corrected chi connectivity index (χ4v) is 3.45. The topological polar surface area (TPSA) is 32.3 Å². The molecule has 0 aliphatic carbocycles. The second-order valence-electron chi connectivity index (χ2n) is 5.60. The highest BCUT2D eigenvalue weighted by Crippen LogP contribution is 2.22. The maximum Gasteiger partial charge on any atom is 0.226 e. The predicted molar refractivity (Wildman–Crippen MR) is 80.3 cm³/mol. The maximum atomic E-state index is 12.7. The van der Waals surface area contributed by atoms with Gasteiger partial charge in [-0.25, -0.2) is 0 Å². The Hall–Kier alpha value is -0.870. The third kappa shape index (κ3) is 3.80. The summed E-state index contributed by atoms with van der Waals surface area (Å²) in [6.45, 7) is 9.04. The number of hydrogen-bond acceptors (Lipinski definition) is 3. The Morgan fingerprint density at radius 3 is 2.63 bits per heavy atom. The molecule has 2 rings (SSSR count). The van der Waals surface area contributed by atoms with Crippen LogP contribution in [0.15, 0.2) is 12.1 Å². The Morgan fingerprint density at radius 1 is 1.42 bits per heavy atom. The van der Waals surface area contributed by atoms with E-state index in [-0.39, 0.29) is 12.0 Å². The lowest BCUT2D eigenvalue weighted by molar-refractivity contribution is -0.138. The van der Waals surface area contributed by atoms with Crippen LogP contribution in [0.1, 0.15) is 36.4 Å². The molecule has 0 saturated carbocycles. The minimum Gasteiger partial charge on any atom is -0.335 e. The van der Waals surface area contributed by atoms with E-state index in [1.807, 2.05) is 4.90 Å². The molecule has 0 spiro atoms. The fourth-order valence-electron chi connectivity index (χ4n) is 2.56. The molecule has 0 bridgehead atoms. The molecule has 1 aliphatic rings. The van der Waals surface area contributed by atoms with Crippen LogP contribution in [0.5, 0.6) is 0 Å². The fraction of sp³-hybridized carbons (Fsp3) is 0.667. The summed E-state index contributed by atoms with van der Waals surface area (Å²) in [6.07, 6.45) is 1.96. The van der Waals surface area contributed by atoms with Crippen molar-refractivity contribution >= 4 is 17.2 Å². The van der Waals surface area contributed by atoms with Crippen LogP contribution < -0.4 is 5.32 Å².